The first-order valence-corrected chi connectivity index (χ1v) is 8.62. The molecule has 2 aliphatic heterocycles. The van der Waals surface area contributed by atoms with Gasteiger partial charge < -0.3 is 9.84 Å². The van der Waals surface area contributed by atoms with E-state index in [4.69, 9.17) is 4.74 Å². The van der Waals surface area contributed by atoms with Crippen molar-refractivity contribution in [1.29, 1.82) is 0 Å². The van der Waals surface area contributed by atoms with Crippen molar-refractivity contribution in [3.8, 4) is 0 Å². The van der Waals surface area contributed by atoms with E-state index in [0.717, 1.165) is 58.9 Å². The van der Waals surface area contributed by atoms with E-state index in [1.165, 1.54) is 5.56 Å². The van der Waals surface area contributed by atoms with Crippen LogP contribution in [0.15, 0.2) is 24.5 Å². The van der Waals surface area contributed by atoms with Crippen molar-refractivity contribution in [3.63, 3.8) is 0 Å². The SMILES string of the molecule is CC1(C)CN(Cc2ccncc2)CCC1(O)CN1CCOCC1. The highest BCUT2D eigenvalue weighted by atomic mass is 16.5. The average Bonchev–Trinajstić information content (AvgIpc) is 2.53. The normalized spacial score (nSPS) is 29.5. The summed E-state index contributed by atoms with van der Waals surface area (Å²) in [5, 5.41) is 11.3. The number of hydrogen-bond acceptors (Lipinski definition) is 5. The van der Waals surface area contributed by atoms with Crippen LogP contribution in [-0.4, -0.2) is 71.4 Å². The number of morpholine rings is 1. The van der Waals surface area contributed by atoms with Crippen LogP contribution in [0.4, 0.5) is 0 Å². The van der Waals surface area contributed by atoms with Gasteiger partial charge in [-0.25, -0.2) is 0 Å². The zero-order chi connectivity index (χ0) is 16.3. The molecule has 23 heavy (non-hydrogen) atoms. The predicted octanol–water partition coefficient (Wildman–Crippen LogP) is 1.38. The molecule has 5 nitrogen and oxygen atoms in total. The summed E-state index contributed by atoms with van der Waals surface area (Å²) in [5.41, 5.74) is 0.532. The molecule has 0 aliphatic carbocycles. The monoisotopic (exact) mass is 319 g/mol. The number of likely N-dealkylation sites (tertiary alicyclic amines) is 1. The third kappa shape index (κ3) is 3.91. The van der Waals surface area contributed by atoms with Gasteiger partial charge in [0.15, 0.2) is 0 Å². The number of β-amino-alcohol motifs (C(OH)–C–C–N with tert-alkyl or cyclic N) is 1. The van der Waals surface area contributed by atoms with Crippen LogP contribution >= 0.6 is 0 Å². The van der Waals surface area contributed by atoms with Gasteiger partial charge in [-0.2, -0.15) is 0 Å². The highest BCUT2D eigenvalue weighted by Crippen LogP contribution is 2.39. The highest BCUT2D eigenvalue weighted by Gasteiger charge is 2.48. The van der Waals surface area contributed by atoms with Gasteiger partial charge in [0.05, 0.1) is 18.8 Å². The van der Waals surface area contributed by atoms with Crippen LogP contribution in [0, 0.1) is 5.41 Å². The summed E-state index contributed by atoms with van der Waals surface area (Å²) in [7, 11) is 0. The summed E-state index contributed by atoms with van der Waals surface area (Å²) in [6.07, 6.45) is 4.51. The van der Waals surface area contributed by atoms with E-state index in [1.807, 2.05) is 12.4 Å². The lowest BCUT2D eigenvalue weighted by Crippen LogP contribution is -2.62. The van der Waals surface area contributed by atoms with E-state index in [1.54, 1.807) is 0 Å². The van der Waals surface area contributed by atoms with Crippen molar-refractivity contribution in [3.05, 3.63) is 30.1 Å². The first-order valence-electron chi connectivity index (χ1n) is 8.62. The van der Waals surface area contributed by atoms with Crippen LogP contribution in [0.25, 0.3) is 0 Å². The zero-order valence-corrected chi connectivity index (χ0v) is 14.4. The maximum atomic E-state index is 11.3. The highest BCUT2D eigenvalue weighted by molar-refractivity contribution is 5.11. The van der Waals surface area contributed by atoms with Crippen molar-refractivity contribution in [2.24, 2.45) is 5.41 Å². The van der Waals surface area contributed by atoms with Gasteiger partial charge >= 0.3 is 0 Å². The fourth-order valence-corrected chi connectivity index (χ4v) is 3.77. The number of nitrogens with zero attached hydrogens (tertiary/aromatic N) is 3. The second-order valence-electron chi connectivity index (χ2n) is 7.62. The molecular formula is C18H29N3O2. The molecular weight excluding hydrogens is 290 g/mol. The Kier molecular flexibility index (Phi) is 5.01. The molecule has 1 aromatic heterocycles. The van der Waals surface area contributed by atoms with Crippen LogP contribution in [0.3, 0.4) is 0 Å². The molecule has 0 radical (unpaired) electrons. The molecule has 1 unspecified atom stereocenters. The minimum atomic E-state index is -0.626. The Morgan fingerprint density at radius 1 is 1.13 bits per heavy atom. The Hall–Kier alpha value is -1.01. The number of hydrogen-bond donors (Lipinski definition) is 1. The predicted molar refractivity (Wildman–Crippen MR) is 90.1 cm³/mol. The molecule has 0 bridgehead atoms. The van der Waals surface area contributed by atoms with Gasteiger partial charge in [0.25, 0.3) is 0 Å². The lowest BCUT2D eigenvalue weighted by Gasteiger charge is -2.52. The Balaban J connectivity index is 1.62. The van der Waals surface area contributed by atoms with Crippen LogP contribution in [0.2, 0.25) is 0 Å². The molecule has 0 amide bonds. The second kappa shape index (κ2) is 6.85. The molecule has 2 saturated heterocycles. The van der Waals surface area contributed by atoms with E-state index in [9.17, 15) is 5.11 Å². The van der Waals surface area contributed by atoms with E-state index in [2.05, 4.69) is 40.8 Å². The van der Waals surface area contributed by atoms with Gasteiger partial charge in [0, 0.05) is 57.1 Å². The van der Waals surface area contributed by atoms with E-state index < -0.39 is 5.60 Å². The van der Waals surface area contributed by atoms with Crippen molar-refractivity contribution in [2.75, 3.05) is 45.9 Å². The number of ether oxygens (including phenoxy) is 1. The fourth-order valence-electron chi connectivity index (χ4n) is 3.77. The largest absolute Gasteiger partial charge is 0.388 e. The Labute approximate surface area is 139 Å². The molecule has 2 fully saturated rings. The van der Waals surface area contributed by atoms with Crippen LogP contribution in [0.1, 0.15) is 25.8 Å². The first-order chi connectivity index (χ1) is 11.0. The van der Waals surface area contributed by atoms with Crippen LogP contribution in [0.5, 0.6) is 0 Å². The molecule has 3 heterocycles. The summed E-state index contributed by atoms with van der Waals surface area (Å²) < 4.78 is 5.42. The molecule has 0 spiro atoms. The Morgan fingerprint density at radius 2 is 1.83 bits per heavy atom. The first kappa shape index (κ1) is 16.8. The molecule has 1 atom stereocenters. The van der Waals surface area contributed by atoms with Crippen LogP contribution < -0.4 is 0 Å². The summed E-state index contributed by atoms with van der Waals surface area (Å²) in [5.74, 6) is 0. The zero-order valence-electron chi connectivity index (χ0n) is 14.4. The quantitative estimate of drug-likeness (QED) is 0.908. The van der Waals surface area contributed by atoms with E-state index >= 15 is 0 Å². The molecule has 0 saturated carbocycles. The van der Waals surface area contributed by atoms with Crippen molar-refractivity contribution in [2.45, 2.75) is 32.4 Å². The molecule has 3 rings (SSSR count). The van der Waals surface area contributed by atoms with Crippen molar-refractivity contribution >= 4 is 0 Å². The maximum Gasteiger partial charge on any atom is 0.0849 e. The summed E-state index contributed by atoms with van der Waals surface area (Å²) in [6.45, 7) is 11.4. The lowest BCUT2D eigenvalue weighted by molar-refractivity contribution is -0.140. The van der Waals surface area contributed by atoms with Crippen LogP contribution in [-0.2, 0) is 11.3 Å². The van der Waals surface area contributed by atoms with Gasteiger partial charge in [-0.3, -0.25) is 14.8 Å². The molecule has 1 N–H and O–H groups in total. The number of piperidine rings is 1. The summed E-state index contributed by atoms with van der Waals surface area (Å²) in [6, 6.07) is 4.14. The summed E-state index contributed by atoms with van der Waals surface area (Å²) >= 11 is 0. The minimum Gasteiger partial charge on any atom is -0.388 e. The van der Waals surface area contributed by atoms with Gasteiger partial charge in [-0.1, -0.05) is 13.8 Å². The Morgan fingerprint density at radius 3 is 2.48 bits per heavy atom. The third-order valence-corrected chi connectivity index (χ3v) is 5.46. The van der Waals surface area contributed by atoms with Gasteiger partial charge in [0.2, 0.25) is 0 Å². The number of pyridine rings is 1. The topological polar surface area (TPSA) is 48.8 Å². The van der Waals surface area contributed by atoms with Gasteiger partial charge in [-0.15, -0.1) is 0 Å². The fraction of sp³-hybridized carbons (Fsp3) is 0.722. The standard InChI is InChI=1S/C18H29N3O2/c1-17(2)14-21(13-16-3-6-19-7-4-16)8-5-18(17,22)15-20-9-11-23-12-10-20/h3-4,6-7,22H,5,8-15H2,1-2H3. The minimum absolute atomic E-state index is 0.128. The van der Waals surface area contributed by atoms with Crippen molar-refractivity contribution < 1.29 is 9.84 Å². The number of aromatic nitrogens is 1. The molecule has 2 aliphatic rings. The number of aliphatic hydroxyl groups is 1. The van der Waals surface area contributed by atoms with Gasteiger partial charge in [-0.05, 0) is 24.1 Å². The average molecular weight is 319 g/mol. The Bertz CT molecular complexity index is 502. The smallest absolute Gasteiger partial charge is 0.0849 e. The maximum absolute atomic E-state index is 11.3. The third-order valence-electron chi connectivity index (χ3n) is 5.46. The van der Waals surface area contributed by atoms with E-state index in [-0.39, 0.29) is 5.41 Å². The molecule has 0 aromatic carbocycles. The van der Waals surface area contributed by atoms with Crippen molar-refractivity contribution in [1.82, 2.24) is 14.8 Å². The molecule has 5 heteroatoms. The molecule has 1 aromatic rings. The molecule has 128 valence electrons. The summed E-state index contributed by atoms with van der Waals surface area (Å²) in [4.78, 5) is 8.88. The van der Waals surface area contributed by atoms with E-state index in [0.29, 0.717) is 0 Å². The number of rotatable bonds is 4. The lowest BCUT2D eigenvalue weighted by atomic mass is 9.69. The van der Waals surface area contributed by atoms with Gasteiger partial charge in [0.1, 0.15) is 0 Å². The second-order valence-corrected chi connectivity index (χ2v) is 7.62.